The monoisotopic (exact) mass is 377 g/mol. The summed E-state index contributed by atoms with van der Waals surface area (Å²) in [5, 5.41) is 5.43. The minimum absolute atomic E-state index is 0.0462. The summed E-state index contributed by atoms with van der Waals surface area (Å²) in [5.41, 5.74) is 3.74. The second-order valence-corrected chi connectivity index (χ2v) is 6.49. The number of nitrogens with one attached hydrogen (secondary N) is 2. The van der Waals surface area contributed by atoms with Crippen LogP contribution in [0.25, 0.3) is 0 Å². The molecule has 2 N–H and O–H groups in total. The number of carbonyl (C=O) groups is 2. The van der Waals surface area contributed by atoms with Crippen LogP contribution in [0.2, 0.25) is 0 Å². The number of pyridine rings is 1. The van der Waals surface area contributed by atoms with E-state index in [1.807, 2.05) is 32.0 Å². The van der Waals surface area contributed by atoms with Crippen molar-refractivity contribution in [3.8, 4) is 0 Å². The van der Waals surface area contributed by atoms with E-state index >= 15 is 0 Å². The molecule has 0 saturated carbocycles. The maximum Gasteiger partial charge on any atom is 0.257 e. The number of amides is 2. The van der Waals surface area contributed by atoms with E-state index in [0.29, 0.717) is 11.3 Å². The van der Waals surface area contributed by atoms with Gasteiger partial charge in [-0.05, 0) is 49.2 Å². The van der Waals surface area contributed by atoms with Gasteiger partial charge >= 0.3 is 0 Å². The number of aromatic nitrogens is 1. The zero-order valence-electron chi connectivity index (χ0n) is 15.6. The fourth-order valence-corrected chi connectivity index (χ4v) is 2.63. The minimum atomic E-state index is -0.434. The zero-order chi connectivity index (χ0) is 20.1. The molecule has 28 heavy (non-hydrogen) atoms. The molecule has 0 unspecified atom stereocenters. The molecule has 0 atom stereocenters. The normalized spacial score (nSPS) is 10.4. The summed E-state index contributed by atoms with van der Waals surface area (Å²) in [7, 11) is 0. The van der Waals surface area contributed by atoms with E-state index in [-0.39, 0.29) is 29.4 Å². The van der Waals surface area contributed by atoms with Crippen molar-refractivity contribution in [3.05, 3.63) is 94.6 Å². The summed E-state index contributed by atoms with van der Waals surface area (Å²) >= 11 is 0. The van der Waals surface area contributed by atoms with Gasteiger partial charge in [0.25, 0.3) is 11.8 Å². The Labute approximate surface area is 162 Å². The van der Waals surface area contributed by atoms with Crippen molar-refractivity contribution in [2.75, 3.05) is 5.32 Å². The molecule has 0 aliphatic rings. The van der Waals surface area contributed by atoms with Gasteiger partial charge in [0.1, 0.15) is 5.82 Å². The predicted molar refractivity (Wildman–Crippen MR) is 106 cm³/mol. The summed E-state index contributed by atoms with van der Waals surface area (Å²) in [6.45, 7) is 4.01. The quantitative estimate of drug-likeness (QED) is 0.705. The van der Waals surface area contributed by atoms with Crippen LogP contribution in [0.15, 0.2) is 60.9 Å². The third-order valence-corrected chi connectivity index (χ3v) is 4.42. The SMILES string of the molecule is Cc1ccc(NC(=O)c2cncc(C(=O)NCc3ccccc3F)c2)cc1C. The number of nitrogens with zero attached hydrogens (tertiary/aromatic N) is 1. The van der Waals surface area contributed by atoms with Crippen LogP contribution < -0.4 is 10.6 Å². The third-order valence-electron chi connectivity index (χ3n) is 4.42. The van der Waals surface area contributed by atoms with Crippen LogP contribution in [0.1, 0.15) is 37.4 Å². The van der Waals surface area contributed by atoms with E-state index in [0.717, 1.165) is 11.1 Å². The molecular formula is C22H20FN3O2. The molecule has 0 bridgehead atoms. The lowest BCUT2D eigenvalue weighted by atomic mass is 10.1. The van der Waals surface area contributed by atoms with Gasteiger partial charge in [0.05, 0.1) is 11.1 Å². The van der Waals surface area contributed by atoms with Gasteiger partial charge in [-0.3, -0.25) is 14.6 Å². The molecule has 0 radical (unpaired) electrons. The largest absolute Gasteiger partial charge is 0.348 e. The van der Waals surface area contributed by atoms with Gasteiger partial charge in [-0.2, -0.15) is 0 Å². The van der Waals surface area contributed by atoms with Crippen molar-refractivity contribution in [3.63, 3.8) is 0 Å². The first-order valence-corrected chi connectivity index (χ1v) is 8.79. The van der Waals surface area contributed by atoms with Gasteiger partial charge in [-0.15, -0.1) is 0 Å². The van der Waals surface area contributed by atoms with Crippen molar-refractivity contribution in [1.29, 1.82) is 0 Å². The molecule has 0 spiro atoms. The maximum absolute atomic E-state index is 13.7. The second kappa shape index (κ2) is 8.43. The molecule has 2 aromatic carbocycles. The average Bonchev–Trinajstić information content (AvgIpc) is 2.70. The zero-order valence-corrected chi connectivity index (χ0v) is 15.6. The van der Waals surface area contributed by atoms with Crippen molar-refractivity contribution in [2.24, 2.45) is 0 Å². The summed E-state index contributed by atoms with van der Waals surface area (Å²) < 4.78 is 13.7. The lowest BCUT2D eigenvalue weighted by Crippen LogP contribution is -2.24. The van der Waals surface area contributed by atoms with E-state index in [2.05, 4.69) is 15.6 Å². The number of anilines is 1. The number of aryl methyl sites for hydroxylation is 2. The average molecular weight is 377 g/mol. The Morgan fingerprint density at radius 3 is 2.36 bits per heavy atom. The van der Waals surface area contributed by atoms with Crippen LogP contribution in [-0.2, 0) is 6.54 Å². The number of halogens is 1. The van der Waals surface area contributed by atoms with Crippen LogP contribution in [0.4, 0.5) is 10.1 Å². The Bertz CT molecular complexity index is 1030. The Hall–Kier alpha value is -3.54. The second-order valence-electron chi connectivity index (χ2n) is 6.49. The van der Waals surface area contributed by atoms with Gasteiger partial charge in [0, 0.05) is 30.2 Å². The molecule has 1 aromatic heterocycles. The van der Waals surface area contributed by atoms with Gasteiger partial charge in [0.15, 0.2) is 0 Å². The Morgan fingerprint density at radius 1 is 0.929 bits per heavy atom. The first kappa shape index (κ1) is 19.2. The van der Waals surface area contributed by atoms with Crippen LogP contribution in [0, 0.1) is 19.7 Å². The summed E-state index contributed by atoms with van der Waals surface area (Å²) in [4.78, 5) is 28.8. The fourth-order valence-electron chi connectivity index (χ4n) is 2.63. The van der Waals surface area contributed by atoms with E-state index in [1.165, 1.54) is 24.5 Å². The van der Waals surface area contributed by atoms with Gasteiger partial charge in [-0.25, -0.2) is 4.39 Å². The highest BCUT2D eigenvalue weighted by molar-refractivity contribution is 6.05. The Morgan fingerprint density at radius 2 is 1.64 bits per heavy atom. The molecule has 3 aromatic rings. The number of rotatable bonds is 5. The van der Waals surface area contributed by atoms with Crippen molar-refractivity contribution >= 4 is 17.5 Å². The summed E-state index contributed by atoms with van der Waals surface area (Å²) in [6, 6.07) is 13.3. The molecule has 142 valence electrons. The van der Waals surface area contributed by atoms with E-state index in [1.54, 1.807) is 18.2 Å². The minimum Gasteiger partial charge on any atom is -0.348 e. The molecular weight excluding hydrogens is 357 g/mol. The highest BCUT2D eigenvalue weighted by Gasteiger charge is 2.12. The Kier molecular flexibility index (Phi) is 5.79. The van der Waals surface area contributed by atoms with Gasteiger partial charge in [-0.1, -0.05) is 24.3 Å². The van der Waals surface area contributed by atoms with Gasteiger partial charge in [0.2, 0.25) is 0 Å². The van der Waals surface area contributed by atoms with Crippen molar-refractivity contribution in [1.82, 2.24) is 10.3 Å². The molecule has 3 rings (SSSR count). The number of benzene rings is 2. The highest BCUT2D eigenvalue weighted by Crippen LogP contribution is 2.15. The fraction of sp³-hybridized carbons (Fsp3) is 0.136. The van der Waals surface area contributed by atoms with E-state index < -0.39 is 5.91 Å². The Balaban J connectivity index is 1.68. The number of hydrogen-bond acceptors (Lipinski definition) is 3. The van der Waals surface area contributed by atoms with Crippen LogP contribution in [0.5, 0.6) is 0 Å². The molecule has 5 nitrogen and oxygen atoms in total. The first-order valence-electron chi connectivity index (χ1n) is 8.79. The summed E-state index contributed by atoms with van der Waals surface area (Å²) in [6.07, 6.45) is 2.76. The standard InChI is InChI=1S/C22H20FN3O2/c1-14-7-8-19(9-15(14)2)26-22(28)18-10-17(11-24-12-18)21(27)25-13-16-5-3-4-6-20(16)23/h3-12H,13H2,1-2H3,(H,25,27)(H,26,28). The predicted octanol–water partition coefficient (Wildman–Crippen LogP) is 4.02. The number of carbonyl (C=O) groups excluding carboxylic acids is 2. The van der Waals surface area contributed by atoms with Crippen LogP contribution in [-0.4, -0.2) is 16.8 Å². The van der Waals surface area contributed by atoms with Gasteiger partial charge < -0.3 is 10.6 Å². The highest BCUT2D eigenvalue weighted by atomic mass is 19.1. The molecule has 0 saturated heterocycles. The summed E-state index contributed by atoms with van der Waals surface area (Å²) in [5.74, 6) is -1.18. The van der Waals surface area contributed by atoms with Crippen molar-refractivity contribution < 1.29 is 14.0 Å². The number of hydrogen-bond donors (Lipinski definition) is 2. The van der Waals surface area contributed by atoms with E-state index in [4.69, 9.17) is 0 Å². The molecule has 0 fully saturated rings. The first-order chi connectivity index (χ1) is 13.4. The van der Waals surface area contributed by atoms with Crippen LogP contribution >= 0.6 is 0 Å². The van der Waals surface area contributed by atoms with Crippen molar-refractivity contribution in [2.45, 2.75) is 20.4 Å². The van der Waals surface area contributed by atoms with Crippen LogP contribution in [0.3, 0.4) is 0 Å². The lowest BCUT2D eigenvalue weighted by Gasteiger charge is -2.09. The topological polar surface area (TPSA) is 71.1 Å². The lowest BCUT2D eigenvalue weighted by molar-refractivity contribution is 0.0950. The smallest absolute Gasteiger partial charge is 0.257 e. The third kappa shape index (κ3) is 4.59. The molecule has 0 aliphatic carbocycles. The maximum atomic E-state index is 13.7. The molecule has 1 heterocycles. The molecule has 0 aliphatic heterocycles. The molecule has 6 heteroatoms. The van der Waals surface area contributed by atoms with E-state index in [9.17, 15) is 14.0 Å². The molecule has 2 amide bonds.